The summed E-state index contributed by atoms with van der Waals surface area (Å²) >= 11 is 2.91. The number of nitrogens with one attached hydrogen (secondary N) is 1. The van der Waals surface area contributed by atoms with E-state index in [-0.39, 0.29) is 11.5 Å². The summed E-state index contributed by atoms with van der Waals surface area (Å²) in [5.41, 5.74) is 4.54. The van der Waals surface area contributed by atoms with Crippen molar-refractivity contribution in [2.45, 2.75) is 37.6 Å². The number of benzene rings is 2. The topological polar surface area (TPSA) is 72.0 Å². The summed E-state index contributed by atoms with van der Waals surface area (Å²) in [6.07, 6.45) is 0. The highest BCUT2D eigenvalue weighted by Gasteiger charge is 2.14. The average Bonchev–Trinajstić information content (AvgIpc) is 3.23. The van der Waals surface area contributed by atoms with E-state index in [1.165, 1.54) is 28.7 Å². The van der Waals surface area contributed by atoms with Gasteiger partial charge in [0.25, 0.3) is 5.56 Å². The molecule has 2 aromatic carbocycles. The molecule has 4 rings (SSSR count). The third-order valence-electron chi connectivity index (χ3n) is 5.12. The van der Waals surface area contributed by atoms with Gasteiger partial charge in [0.15, 0.2) is 5.16 Å². The van der Waals surface area contributed by atoms with Gasteiger partial charge in [-0.15, -0.1) is 11.3 Å². The molecule has 0 atom stereocenters. The van der Waals surface area contributed by atoms with Crippen LogP contribution in [0.5, 0.6) is 0 Å². The summed E-state index contributed by atoms with van der Waals surface area (Å²) in [4.78, 5) is 33.1. The van der Waals surface area contributed by atoms with Gasteiger partial charge in [0.05, 0.1) is 17.6 Å². The van der Waals surface area contributed by atoms with E-state index < -0.39 is 0 Å². The van der Waals surface area contributed by atoms with Crippen molar-refractivity contribution in [1.29, 1.82) is 0 Å². The van der Waals surface area contributed by atoms with Crippen molar-refractivity contribution in [1.82, 2.24) is 9.97 Å². The van der Waals surface area contributed by atoms with Gasteiger partial charge in [-0.1, -0.05) is 62.0 Å². The molecule has 164 valence electrons. The molecule has 2 aromatic heterocycles. The maximum atomic E-state index is 12.9. The number of H-pyrrole nitrogens is 1. The minimum Gasteiger partial charge on any atom is -0.462 e. The molecule has 2 heterocycles. The summed E-state index contributed by atoms with van der Waals surface area (Å²) in [6, 6.07) is 15.7. The number of fused-ring (bicyclic) bond motifs is 1. The Morgan fingerprint density at radius 3 is 2.69 bits per heavy atom. The molecular formula is C25H24N2O3S2. The van der Waals surface area contributed by atoms with Crippen molar-refractivity contribution >= 4 is 39.3 Å². The molecule has 0 aliphatic rings. The Bertz CT molecular complexity index is 1310. The lowest BCUT2D eigenvalue weighted by Gasteiger charge is -2.07. The molecule has 0 radical (unpaired) electrons. The third-order valence-corrected chi connectivity index (χ3v) is 6.94. The van der Waals surface area contributed by atoms with Gasteiger partial charge in [-0.3, -0.25) is 4.79 Å². The molecule has 1 N–H and O–H groups in total. The number of carbonyl (C=O) groups excluding carboxylic acids is 1. The van der Waals surface area contributed by atoms with E-state index in [1.54, 1.807) is 13.0 Å². The Hall–Kier alpha value is -2.90. The summed E-state index contributed by atoms with van der Waals surface area (Å²) in [5, 5.41) is 3.18. The van der Waals surface area contributed by atoms with Crippen LogP contribution in [0.25, 0.3) is 21.3 Å². The van der Waals surface area contributed by atoms with Gasteiger partial charge in [-0.2, -0.15) is 0 Å². The minimum absolute atomic E-state index is 0.137. The molecule has 0 fully saturated rings. The van der Waals surface area contributed by atoms with Gasteiger partial charge in [-0.05, 0) is 41.7 Å². The van der Waals surface area contributed by atoms with Crippen LogP contribution in [0.1, 0.15) is 48.2 Å². The number of aromatic amines is 1. The number of esters is 1. The maximum Gasteiger partial charge on any atom is 0.338 e. The van der Waals surface area contributed by atoms with Crippen LogP contribution in [0.3, 0.4) is 0 Å². The highest BCUT2D eigenvalue weighted by Crippen LogP contribution is 2.32. The highest BCUT2D eigenvalue weighted by molar-refractivity contribution is 7.98. The number of aromatic nitrogens is 2. The maximum absolute atomic E-state index is 12.9. The fourth-order valence-corrected chi connectivity index (χ4v) is 5.22. The van der Waals surface area contributed by atoms with Gasteiger partial charge < -0.3 is 9.72 Å². The van der Waals surface area contributed by atoms with Crippen LogP contribution in [-0.2, 0) is 10.5 Å². The van der Waals surface area contributed by atoms with Crippen LogP contribution >= 0.6 is 23.1 Å². The fourth-order valence-electron chi connectivity index (χ4n) is 3.41. The van der Waals surface area contributed by atoms with E-state index in [0.717, 1.165) is 21.5 Å². The number of hydrogen-bond donors (Lipinski definition) is 1. The SMILES string of the molecule is CCOC(=O)c1cccc(CSc2nc3scc(-c4ccc(C(C)C)cc4)c3c(=O)[nH]2)c1. The summed E-state index contributed by atoms with van der Waals surface area (Å²) in [5.74, 6) is 0.710. The van der Waals surface area contributed by atoms with Crippen LogP contribution in [0.4, 0.5) is 0 Å². The number of ether oxygens (including phenoxy) is 1. The largest absolute Gasteiger partial charge is 0.462 e. The molecule has 0 bridgehead atoms. The Morgan fingerprint density at radius 2 is 1.97 bits per heavy atom. The molecule has 0 aliphatic heterocycles. The fraction of sp³-hybridized carbons (Fsp3) is 0.240. The third kappa shape index (κ3) is 4.79. The zero-order valence-electron chi connectivity index (χ0n) is 18.2. The standard InChI is InChI=1S/C25H24N2O3S2/c1-4-30-24(29)19-7-5-6-16(12-19)13-32-25-26-22(28)21-20(14-31-23(21)27-25)18-10-8-17(9-11-18)15(2)3/h5-12,14-15H,4,13H2,1-3H3,(H,26,27,28). The van der Waals surface area contributed by atoms with Crippen LogP contribution in [-0.4, -0.2) is 22.5 Å². The first kappa shape index (κ1) is 22.3. The predicted octanol–water partition coefficient (Wildman–Crippen LogP) is 6.24. The van der Waals surface area contributed by atoms with Crippen LogP contribution in [0.15, 0.2) is 63.9 Å². The molecule has 5 nitrogen and oxygen atoms in total. The zero-order chi connectivity index (χ0) is 22.7. The van der Waals surface area contributed by atoms with Gasteiger partial charge >= 0.3 is 5.97 Å². The molecule has 0 unspecified atom stereocenters. The Balaban J connectivity index is 1.55. The van der Waals surface area contributed by atoms with Gasteiger partial charge in [-0.25, -0.2) is 9.78 Å². The normalized spacial score (nSPS) is 11.2. The van der Waals surface area contributed by atoms with Gasteiger partial charge in [0.1, 0.15) is 4.83 Å². The lowest BCUT2D eigenvalue weighted by molar-refractivity contribution is 0.0526. The van der Waals surface area contributed by atoms with E-state index in [1.807, 2.05) is 23.6 Å². The van der Waals surface area contributed by atoms with E-state index in [9.17, 15) is 9.59 Å². The second-order valence-corrected chi connectivity index (χ2v) is 9.51. The first-order chi connectivity index (χ1) is 15.5. The van der Waals surface area contributed by atoms with Crippen molar-refractivity contribution in [2.75, 3.05) is 6.61 Å². The summed E-state index contributed by atoms with van der Waals surface area (Å²) < 4.78 is 5.06. The number of thioether (sulfide) groups is 1. The molecule has 0 saturated carbocycles. The number of hydrogen-bond acceptors (Lipinski definition) is 6. The zero-order valence-corrected chi connectivity index (χ0v) is 19.8. The quantitative estimate of drug-likeness (QED) is 0.199. The summed E-state index contributed by atoms with van der Waals surface area (Å²) in [7, 11) is 0. The van der Waals surface area contributed by atoms with Crippen LogP contribution in [0.2, 0.25) is 0 Å². The molecular weight excluding hydrogens is 440 g/mol. The Kier molecular flexibility index (Phi) is 6.77. The lowest BCUT2D eigenvalue weighted by atomic mass is 9.99. The minimum atomic E-state index is -0.333. The van der Waals surface area contributed by atoms with Crippen molar-refractivity contribution in [3.8, 4) is 11.1 Å². The van der Waals surface area contributed by atoms with Crippen molar-refractivity contribution in [3.05, 3.63) is 81.0 Å². The van der Waals surface area contributed by atoms with Gasteiger partial charge in [0, 0.05) is 16.7 Å². The highest BCUT2D eigenvalue weighted by atomic mass is 32.2. The second kappa shape index (κ2) is 9.71. The molecule has 7 heteroatoms. The second-order valence-electron chi connectivity index (χ2n) is 7.69. The van der Waals surface area contributed by atoms with Crippen molar-refractivity contribution in [2.24, 2.45) is 0 Å². The predicted molar refractivity (Wildman–Crippen MR) is 132 cm³/mol. The number of thiophene rings is 1. The van der Waals surface area contributed by atoms with Crippen LogP contribution in [0, 0.1) is 0 Å². The summed E-state index contributed by atoms with van der Waals surface area (Å²) in [6.45, 7) is 6.45. The Morgan fingerprint density at radius 1 is 1.19 bits per heavy atom. The van der Waals surface area contributed by atoms with E-state index in [4.69, 9.17) is 4.74 Å². The van der Waals surface area contributed by atoms with E-state index in [2.05, 4.69) is 48.1 Å². The first-order valence-corrected chi connectivity index (χ1v) is 12.3. The molecule has 0 saturated heterocycles. The average molecular weight is 465 g/mol. The Labute approximate surface area is 194 Å². The lowest BCUT2D eigenvalue weighted by Crippen LogP contribution is -2.08. The van der Waals surface area contributed by atoms with Gasteiger partial charge in [0.2, 0.25) is 0 Å². The van der Waals surface area contributed by atoms with E-state index in [0.29, 0.717) is 34.4 Å². The molecule has 0 amide bonds. The first-order valence-electron chi connectivity index (χ1n) is 10.5. The molecule has 4 aromatic rings. The number of rotatable bonds is 7. The van der Waals surface area contributed by atoms with Crippen molar-refractivity contribution in [3.63, 3.8) is 0 Å². The number of nitrogens with zero attached hydrogens (tertiary/aromatic N) is 1. The molecule has 32 heavy (non-hydrogen) atoms. The number of carbonyl (C=O) groups is 1. The smallest absolute Gasteiger partial charge is 0.338 e. The van der Waals surface area contributed by atoms with Crippen molar-refractivity contribution < 1.29 is 9.53 Å². The monoisotopic (exact) mass is 464 g/mol. The molecule has 0 aliphatic carbocycles. The molecule has 0 spiro atoms. The van der Waals surface area contributed by atoms with Crippen LogP contribution < -0.4 is 5.56 Å². The van der Waals surface area contributed by atoms with E-state index >= 15 is 0 Å².